The molecule has 0 unspecified atom stereocenters. The highest BCUT2D eigenvalue weighted by atomic mass is 16.5. The van der Waals surface area contributed by atoms with Crippen molar-refractivity contribution >= 4 is 23.7 Å². The fourth-order valence-electron chi connectivity index (χ4n) is 2.45. The quantitative estimate of drug-likeness (QED) is 0.799. The van der Waals surface area contributed by atoms with E-state index >= 15 is 0 Å². The van der Waals surface area contributed by atoms with Gasteiger partial charge in [-0.2, -0.15) is 0 Å². The Bertz CT molecular complexity index is 640. The van der Waals surface area contributed by atoms with Crippen LogP contribution in [-0.2, 0) is 16.0 Å². The fourth-order valence-corrected chi connectivity index (χ4v) is 2.45. The summed E-state index contributed by atoms with van der Waals surface area (Å²) in [6.45, 7) is 2.26. The summed E-state index contributed by atoms with van der Waals surface area (Å²) in [7, 11) is 0. The van der Waals surface area contributed by atoms with E-state index in [0.29, 0.717) is 18.6 Å². The number of hydrazone groups is 1. The average Bonchev–Trinajstić information content (AvgIpc) is 2.98. The third-order valence-corrected chi connectivity index (χ3v) is 3.37. The van der Waals surface area contributed by atoms with Crippen LogP contribution in [0.4, 0.5) is 0 Å². The van der Waals surface area contributed by atoms with Crippen molar-refractivity contribution in [2.45, 2.75) is 26.2 Å². The van der Waals surface area contributed by atoms with Crippen LogP contribution in [0.1, 0.15) is 41.5 Å². The number of ketones is 1. The van der Waals surface area contributed by atoms with Gasteiger partial charge in [-0.05, 0) is 31.9 Å². The first kappa shape index (κ1) is 12.7. The van der Waals surface area contributed by atoms with Gasteiger partial charge < -0.3 is 9.72 Å². The zero-order valence-corrected chi connectivity index (χ0v) is 11.2. The Morgan fingerprint density at radius 3 is 3.00 bits per heavy atom. The SMILES string of the molecule is CCOC1=NNC(=O)C1=Cc1cc2c([nH]1)CCCC2=O. The molecule has 0 fully saturated rings. The summed E-state index contributed by atoms with van der Waals surface area (Å²) >= 11 is 0. The topological polar surface area (TPSA) is 83.5 Å². The van der Waals surface area contributed by atoms with E-state index in [-0.39, 0.29) is 17.6 Å². The van der Waals surface area contributed by atoms with Gasteiger partial charge in [0.2, 0.25) is 5.90 Å². The van der Waals surface area contributed by atoms with Gasteiger partial charge in [-0.3, -0.25) is 9.59 Å². The van der Waals surface area contributed by atoms with Gasteiger partial charge in [-0.1, -0.05) is 0 Å². The van der Waals surface area contributed by atoms with Gasteiger partial charge in [0.05, 0.1) is 6.61 Å². The van der Waals surface area contributed by atoms with Crippen LogP contribution in [0.25, 0.3) is 6.08 Å². The Hall–Kier alpha value is -2.37. The van der Waals surface area contributed by atoms with Crippen molar-refractivity contribution in [3.63, 3.8) is 0 Å². The number of aryl methyl sites for hydroxylation is 1. The molecule has 1 aliphatic heterocycles. The number of nitrogens with one attached hydrogen (secondary N) is 2. The summed E-state index contributed by atoms with van der Waals surface area (Å²) in [4.78, 5) is 26.7. The first-order chi connectivity index (χ1) is 9.69. The number of H-pyrrole nitrogens is 1. The number of aromatic amines is 1. The lowest BCUT2D eigenvalue weighted by atomic mass is 9.97. The average molecular weight is 273 g/mol. The maximum Gasteiger partial charge on any atom is 0.277 e. The highest BCUT2D eigenvalue weighted by molar-refractivity contribution is 6.24. The van der Waals surface area contributed by atoms with Crippen LogP contribution in [0.2, 0.25) is 0 Å². The summed E-state index contributed by atoms with van der Waals surface area (Å²) in [6, 6.07) is 1.79. The standard InChI is InChI=1S/C14H15N3O3/c1-2-20-14-10(13(19)16-17-14)7-8-6-9-11(15-8)4-3-5-12(9)18/h6-7,15H,2-5H2,1H3,(H,16,19). The molecule has 1 amide bonds. The molecule has 20 heavy (non-hydrogen) atoms. The molecule has 1 aromatic rings. The van der Waals surface area contributed by atoms with E-state index in [1.165, 1.54) is 0 Å². The monoisotopic (exact) mass is 273 g/mol. The molecular weight excluding hydrogens is 258 g/mol. The molecule has 2 heterocycles. The van der Waals surface area contributed by atoms with E-state index < -0.39 is 0 Å². The number of Topliss-reactive ketones (excluding diaryl/α,β-unsaturated/α-hetero) is 1. The van der Waals surface area contributed by atoms with Gasteiger partial charge in [0.25, 0.3) is 5.91 Å². The van der Waals surface area contributed by atoms with Gasteiger partial charge in [0, 0.05) is 23.4 Å². The molecule has 0 bridgehead atoms. The van der Waals surface area contributed by atoms with E-state index in [1.807, 2.05) is 6.92 Å². The number of carbonyl (C=O) groups is 2. The molecule has 0 saturated carbocycles. The third kappa shape index (κ3) is 2.13. The number of rotatable bonds is 2. The number of hydrogen-bond acceptors (Lipinski definition) is 4. The lowest BCUT2D eigenvalue weighted by Crippen LogP contribution is -2.14. The van der Waals surface area contributed by atoms with Crippen molar-refractivity contribution in [2.24, 2.45) is 5.10 Å². The van der Waals surface area contributed by atoms with Gasteiger partial charge in [0.15, 0.2) is 5.78 Å². The number of aromatic nitrogens is 1. The van der Waals surface area contributed by atoms with E-state index in [9.17, 15) is 9.59 Å². The molecule has 2 aliphatic rings. The van der Waals surface area contributed by atoms with E-state index in [1.54, 1.807) is 12.1 Å². The zero-order chi connectivity index (χ0) is 14.1. The van der Waals surface area contributed by atoms with Crippen molar-refractivity contribution in [3.05, 3.63) is 28.6 Å². The zero-order valence-electron chi connectivity index (χ0n) is 11.2. The highest BCUT2D eigenvalue weighted by Crippen LogP contribution is 2.23. The van der Waals surface area contributed by atoms with Gasteiger partial charge in [-0.25, -0.2) is 5.43 Å². The molecule has 1 aromatic heterocycles. The number of nitrogens with zero attached hydrogens (tertiary/aromatic N) is 1. The molecule has 6 heteroatoms. The minimum Gasteiger partial charge on any atom is -0.476 e. The Kier molecular flexibility index (Phi) is 3.14. The van der Waals surface area contributed by atoms with Crippen molar-refractivity contribution in [3.8, 4) is 0 Å². The maximum absolute atomic E-state index is 11.8. The summed E-state index contributed by atoms with van der Waals surface area (Å²) < 4.78 is 5.30. The first-order valence-corrected chi connectivity index (χ1v) is 6.67. The first-order valence-electron chi connectivity index (χ1n) is 6.67. The van der Waals surface area contributed by atoms with Crippen LogP contribution in [-0.4, -0.2) is 29.2 Å². The summed E-state index contributed by atoms with van der Waals surface area (Å²) in [6.07, 6.45) is 3.99. The van der Waals surface area contributed by atoms with E-state index in [4.69, 9.17) is 4.74 Å². The molecule has 104 valence electrons. The number of ether oxygens (including phenoxy) is 1. The smallest absolute Gasteiger partial charge is 0.277 e. The van der Waals surface area contributed by atoms with E-state index in [2.05, 4.69) is 15.5 Å². The molecule has 3 rings (SSSR count). The Morgan fingerprint density at radius 2 is 2.25 bits per heavy atom. The van der Waals surface area contributed by atoms with Gasteiger partial charge in [0.1, 0.15) is 5.57 Å². The van der Waals surface area contributed by atoms with Crippen molar-refractivity contribution in [2.75, 3.05) is 6.61 Å². The van der Waals surface area contributed by atoms with Gasteiger partial charge >= 0.3 is 0 Å². The van der Waals surface area contributed by atoms with Crippen LogP contribution < -0.4 is 5.43 Å². The number of hydrogen-bond donors (Lipinski definition) is 2. The summed E-state index contributed by atoms with van der Waals surface area (Å²) in [5.74, 6) is 0.144. The lowest BCUT2D eigenvalue weighted by Gasteiger charge is -2.08. The number of fused-ring (bicyclic) bond motifs is 1. The second kappa shape index (κ2) is 4.96. The minimum atomic E-state index is -0.299. The minimum absolute atomic E-state index is 0.154. The molecule has 0 saturated heterocycles. The van der Waals surface area contributed by atoms with Crippen LogP contribution in [0.15, 0.2) is 16.7 Å². The molecular formula is C14H15N3O3. The van der Waals surface area contributed by atoms with Crippen molar-refractivity contribution in [1.82, 2.24) is 10.4 Å². The molecule has 6 nitrogen and oxygen atoms in total. The second-order valence-corrected chi connectivity index (χ2v) is 4.74. The Morgan fingerprint density at radius 1 is 1.40 bits per heavy atom. The fraction of sp³-hybridized carbons (Fsp3) is 0.357. The van der Waals surface area contributed by atoms with E-state index in [0.717, 1.165) is 29.8 Å². The number of amides is 1. The molecule has 0 aromatic carbocycles. The van der Waals surface area contributed by atoms with Crippen molar-refractivity contribution in [1.29, 1.82) is 0 Å². The summed E-state index contributed by atoms with van der Waals surface area (Å²) in [5, 5.41) is 3.83. The van der Waals surface area contributed by atoms with Crippen LogP contribution in [0, 0.1) is 0 Å². The molecule has 0 atom stereocenters. The Labute approximate surface area is 115 Å². The van der Waals surface area contributed by atoms with Crippen LogP contribution in [0.3, 0.4) is 0 Å². The molecule has 1 aliphatic carbocycles. The Balaban J connectivity index is 1.94. The maximum atomic E-state index is 11.8. The second-order valence-electron chi connectivity index (χ2n) is 4.74. The number of carbonyl (C=O) groups excluding carboxylic acids is 2. The van der Waals surface area contributed by atoms with Crippen molar-refractivity contribution < 1.29 is 14.3 Å². The van der Waals surface area contributed by atoms with Gasteiger partial charge in [-0.15, -0.1) is 5.10 Å². The predicted molar refractivity (Wildman–Crippen MR) is 73.2 cm³/mol. The highest BCUT2D eigenvalue weighted by Gasteiger charge is 2.25. The molecule has 2 N–H and O–H groups in total. The van der Waals surface area contributed by atoms with Crippen LogP contribution >= 0.6 is 0 Å². The summed E-state index contributed by atoms with van der Waals surface area (Å²) in [5.41, 5.74) is 5.15. The van der Waals surface area contributed by atoms with Crippen LogP contribution in [0.5, 0.6) is 0 Å². The third-order valence-electron chi connectivity index (χ3n) is 3.37. The predicted octanol–water partition coefficient (Wildman–Crippen LogP) is 1.40. The largest absolute Gasteiger partial charge is 0.476 e. The normalized spacial score (nSPS) is 19.9. The lowest BCUT2D eigenvalue weighted by molar-refractivity contribution is -0.116. The molecule has 0 spiro atoms. The molecule has 0 radical (unpaired) electrons.